The third-order valence-electron chi connectivity index (χ3n) is 4.82. The number of carbonyl (C=O) groups excluding carboxylic acids is 1. The van der Waals surface area contributed by atoms with Crippen LogP contribution in [0.2, 0.25) is 0 Å². The fourth-order valence-electron chi connectivity index (χ4n) is 3.45. The van der Waals surface area contributed by atoms with Crippen molar-refractivity contribution in [1.29, 1.82) is 0 Å². The number of rotatable bonds is 5. The number of benzene rings is 1. The Morgan fingerprint density at radius 2 is 2.08 bits per heavy atom. The summed E-state index contributed by atoms with van der Waals surface area (Å²) in [5, 5.41) is 3.11. The zero-order valence-corrected chi connectivity index (χ0v) is 14.9. The highest BCUT2D eigenvalue weighted by molar-refractivity contribution is 5.94. The molecule has 1 aromatic carbocycles. The molecule has 0 aliphatic heterocycles. The van der Waals surface area contributed by atoms with Gasteiger partial charge in [-0.2, -0.15) is 0 Å². The minimum absolute atomic E-state index is 0.0226. The molecule has 1 saturated carbocycles. The second-order valence-corrected chi connectivity index (χ2v) is 6.98. The summed E-state index contributed by atoms with van der Waals surface area (Å²) in [5.74, 6) is 0.655. The van der Waals surface area contributed by atoms with Crippen LogP contribution < -0.4 is 10.1 Å². The van der Waals surface area contributed by atoms with Crippen molar-refractivity contribution in [3.05, 3.63) is 65.6 Å². The molecule has 3 aromatic rings. The van der Waals surface area contributed by atoms with E-state index in [0.717, 1.165) is 24.2 Å². The Kier molecular flexibility index (Phi) is 4.61. The number of nitrogens with one attached hydrogen (secondary N) is 1. The standard InChI is InChI=1S/C21H23N3O2/c1-15-9-10-20-22-18(13-24(20)12-15)14-26-19-8-4-5-16(11-19)21(25)23-17-6-2-3-7-17/h4-5,8-13,17H,2-3,6-7,14H2,1H3,(H,23,25). The first kappa shape index (κ1) is 16.6. The summed E-state index contributed by atoms with van der Waals surface area (Å²) in [6, 6.07) is 11.7. The van der Waals surface area contributed by atoms with Crippen LogP contribution in [0.25, 0.3) is 5.65 Å². The van der Waals surface area contributed by atoms with Crippen molar-refractivity contribution >= 4 is 11.6 Å². The summed E-state index contributed by atoms with van der Waals surface area (Å²) in [5.41, 5.74) is 3.58. The SMILES string of the molecule is Cc1ccc2nc(COc3cccc(C(=O)NC4CCCC4)c3)cn2c1. The summed E-state index contributed by atoms with van der Waals surface area (Å²) in [6.07, 6.45) is 8.57. The summed E-state index contributed by atoms with van der Waals surface area (Å²) in [4.78, 5) is 16.9. The van der Waals surface area contributed by atoms with Crippen molar-refractivity contribution in [2.75, 3.05) is 0 Å². The van der Waals surface area contributed by atoms with E-state index in [1.54, 1.807) is 6.07 Å². The van der Waals surface area contributed by atoms with E-state index in [-0.39, 0.29) is 5.91 Å². The van der Waals surface area contributed by atoms with Crippen LogP contribution in [0.5, 0.6) is 5.75 Å². The maximum absolute atomic E-state index is 12.4. The number of aromatic nitrogens is 2. The number of carbonyl (C=O) groups is 1. The Balaban J connectivity index is 1.41. The second kappa shape index (κ2) is 7.20. The van der Waals surface area contributed by atoms with E-state index in [1.165, 1.54) is 18.4 Å². The maximum Gasteiger partial charge on any atom is 0.251 e. The number of imidazole rings is 1. The lowest BCUT2D eigenvalue weighted by Gasteiger charge is -2.12. The molecule has 5 nitrogen and oxygen atoms in total. The average molecular weight is 349 g/mol. The fraction of sp³-hybridized carbons (Fsp3) is 0.333. The van der Waals surface area contributed by atoms with Crippen molar-refractivity contribution in [3.63, 3.8) is 0 Å². The smallest absolute Gasteiger partial charge is 0.251 e. The minimum Gasteiger partial charge on any atom is -0.487 e. The zero-order chi connectivity index (χ0) is 17.9. The molecule has 2 heterocycles. The number of hydrogen-bond acceptors (Lipinski definition) is 3. The molecule has 0 atom stereocenters. The van der Waals surface area contributed by atoms with Gasteiger partial charge in [-0.25, -0.2) is 4.98 Å². The third kappa shape index (κ3) is 3.72. The molecule has 1 fully saturated rings. The predicted octanol–water partition coefficient (Wildman–Crippen LogP) is 3.89. The quantitative estimate of drug-likeness (QED) is 0.760. The monoisotopic (exact) mass is 349 g/mol. The van der Waals surface area contributed by atoms with Gasteiger partial charge in [0.15, 0.2) is 0 Å². The van der Waals surface area contributed by atoms with Crippen LogP contribution in [0, 0.1) is 6.92 Å². The number of pyridine rings is 1. The molecule has 0 radical (unpaired) electrons. The molecule has 134 valence electrons. The molecule has 1 aliphatic rings. The van der Waals surface area contributed by atoms with Gasteiger partial charge >= 0.3 is 0 Å². The van der Waals surface area contributed by atoms with Gasteiger partial charge in [-0.15, -0.1) is 0 Å². The van der Waals surface area contributed by atoms with Crippen LogP contribution in [-0.2, 0) is 6.61 Å². The Hall–Kier alpha value is -2.82. The molecule has 2 aromatic heterocycles. The van der Waals surface area contributed by atoms with Gasteiger partial charge in [0.05, 0.1) is 5.69 Å². The zero-order valence-electron chi connectivity index (χ0n) is 14.9. The van der Waals surface area contributed by atoms with E-state index in [0.29, 0.717) is 24.0 Å². The number of amides is 1. The van der Waals surface area contributed by atoms with E-state index in [4.69, 9.17) is 4.74 Å². The molecule has 26 heavy (non-hydrogen) atoms. The van der Waals surface area contributed by atoms with Crippen LogP contribution in [0.15, 0.2) is 48.8 Å². The summed E-state index contributed by atoms with van der Waals surface area (Å²) < 4.78 is 7.86. The Labute approximate surface area is 153 Å². The molecule has 5 heteroatoms. The van der Waals surface area contributed by atoms with Gasteiger partial charge in [0.2, 0.25) is 0 Å². The summed E-state index contributed by atoms with van der Waals surface area (Å²) in [7, 11) is 0. The number of hydrogen-bond donors (Lipinski definition) is 1. The normalized spacial score (nSPS) is 14.7. The minimum atomic E-state index is -0.0226. The maximum atomic E-state index is 12.4. The molecule has 0 bridgehead atoms. The average Bonchev–Trinajstić information content (AvgIpc) is 3.29. The van der Waals surface area contributed by atoms with E-state index >= 15 is 0 Å². The van der Waals surface area contributed by atoms with Crippen molar-refractivity contribution in [2.24, 2.45) is 0 Å². The summed E-state index contributed by atoms with van der Waals surface area (Å²) >= 11 is 0. The van der Waals surface area contributed by atoms with E-state index in [1.807, 2.05) is 47.1 Å². The lowest BCUT2D eigenvalue weighted by molar-refractivity contribution is 0.0937. The Morgan fingerprint density at radius 3 is 2.92 bits per heavy atom. The molecule has 1 N–H and O–H groups in total. The molecular weight excluding hydrogens is 326 g/mol. The van der Waals surface area contributed by atoms with E-state index < -0.39 is 0 Å². The van der Waals surface area contributed by atoms with Crippen LogP contribution >= 0.6 is 0 Å². The third-order valence-corrected chi connectivity index (χ3v) is 4.82. The van der Waals surface area contributed by atoms with Gasteiger partial charge in [-0.05, 0) is 49.6 Å². The highest BCUT2D eigenvalue weighted by Gasteiger charge is 2.18. The first-order chi connectivity index (χ1) is 12.7. The second-order valence-electron chi connectivity index (χ2n) is 6.98. The van der Waals surface area contributed by atoms with Gasteiger partial charge in [0.1, 0.15) is 18.0 Å². The van der Waals surface area contributed by atoms with Gasteiger partial charge in [-0.3, -0.25) is 4.79 Å². The van der Waals surface area contributed by atoms with Crippen LogP contribution in [0.4, 0.5) is 0 Å². The highest BCUT2D eigenvalue weighted by atomic mass is 16.5. The predicted molar refractivity (Wildman–Crippen MR) is 100 cm³/mol. The highest BCUT2D eigenvalue weighted by Crippen LogP contribution is 2.20. The fourth-order valence-corrected chi connectivity index (χ4v) is 3.45. The first-order valence-corrected chi connectivity index (χ1v) is 9.15. The van der Waals surface area contributed by atoms with Crippen LogP contribution in [0.3, 0.4) is 0 Å². The van der Waals surface area contributed by atoms with Crippen molar-refractivity contribution < 1.29 is 9.53 Å². The topological polar surface area (TPSA) is 55.6 Å². The Morgan fingerprint density at radius 1 is 1.23 bits per heavy atom. The van der Waals surface area contributed by atoms with E-state index in [2.05, 4.69) is 17.2 Å². The van der Waals surface area contributed by atoms with Gasteiger partial charge in [-0.1, -0.05) is 25.0 Å². The lowest BCUT2D eigenvalue weighted by atomic mass is 10.1. The Bertz CT molecular complexity index is 926. The van der Waals surface area contributed by atoms with Gasteiger partial charge in [0.25, 0.3) is 5.91 Å². The molecule has 1 aliphatic carbocycles. The van der Waals surface area contributed by atoms with Gasteiger partial charge in [0, 0.05) is 24.0 Å². The van der Waals surface area contributed by atoms with Crippen LogP contribution in [0.1, 0.15) is 47.3 Å². The summed E-state index contributed by atoms with van der Waals surface area (Å²) in [6.45, 7) is 2.42. The number of ether oxygens (including phenoxy) is 1. The van der Waals surface area contributed by atoms with Crippen LogP contribution in [-0.4, -0.2) is 21.3 Å². The van der Waals surface area contributed by atoms with Crippen molar-refractivity contribution in [2.45, 2.75) is 45.3 Å². The molecule has 1 amide bonds. The van der Waals surface area contributed by atoms with Crippen molar-refractivity contribution in [1.82, 2.24) is 14.7 Å². The first-order valence-electron chi connectivity index (χ1n) is 9.15. The molecular formula is C21H23N3O2. The molecule has 0 spiro atoms. The van der Waals surface area contributed by atoms with E-state index in [9.17, 15) is 4.79 Å². The lowest BCUT2D eigenvalue weighted by Crippen LogP contribution is -2.32. The van der Waals surface area contributed by atoms with Crippen molar-refractivity contribution in [3.8, 4) is 5.75 Å². The number of nitrogens with zero attached hydrogens (tertiary/aromatic N) is 2. The molecule has 0 unspecified atom stereocenters. The molecule has 0 saturated heterocycles. The number of aryl methyl sites for hydroxylation is 1. The van der Waals surface area contributed by atoms with Gasteiger partial charge < -0.3 is 14.5 Å². The molecule has 4 rings (SSSR count). The largest absolute Gasteiger partial charge is 0.487 e. The number of fused-ring (bicyclic) bond motifs is 1.